The molecular weight excluding hydrogens is 350 g/mol. The Morgan fingerprint density at radius 2 is 2.04 bits per heavy atom. The second-order valence-corrected chi connectivity index (χ2v) is 6.31. The van der Waals surface area contributed by atoms with Gasteiger partial charge in [0.25, 0.3) is 5.91 Å². The Labute approximate surface area is 156 Å². The SMILES string of the molecule is COc1cc(C)c2c(n1)N(C1CCO1)C(=O)CN2OC(=O)c1ccccc1. The third kappa shape index (κ3) is 3.08. The van der Waals surface area contributed by atoms with E-state index in [-0.39, 0.29) is 18.7 Å². The molecule has 4 rings (SSSR count). The number of carbonyl (C=O) groups excluding carboxylic acids is 2. The molecular formula is C19H19N3O5. The first kappa shape index (κ1) is 17.3. The number of anilines is 2. The van der Waals surface area contributed by atoms with E-state index < -0.39 is 5.97 Å². The van der Waals surface area contributed by atoms with Gasteiger partial charge in [-0.15, -0.1) is 0 Å². The van der Waals surface area contributed by atoms with E-state index in [4.69, 9.17) is 14.3 Å². The van der Waals surface area contributed by atoms with Gasteiger partial charge in [-0.2, -0.15) is 10.0 Å². The van der Waals surface area contributed by atoms with Crippen molar-refractivity contribution in [3.8, 4) is 5.88 Å². The van der Waals surface area contributed by atoms with Gasteiger partial charge in [0, 0.05) is 12.5 Å². The van der Waals surface area contributed by atoms with E-state index in [1.165, 1.54) is 17.1 Å². The van der Waals surface area contributed by atoms with E-state index in [0.717, 1.165) is 12.0 Å². The van der Waals surface area contributed by atoms with E-state index in [1.807, 2.05) is 13.0 Å². The van der Waals surface area contributed by atoms with E-state index in [9.17, 15) is 9.59 Å². The molecule has 0 saturated carbocycles. The monoisotopic (exact) mass is 369 g/mol. The maximum atomic E-state index is 12.8. The van der Waals surface area contributed by atoms with Crippen molar-refractivity contribution < 1.29 is 23.9 Å². The molecule has 2 aromatic rings. The average Bonchev–Trinajstić information content (AvgIpc) is 2.63. The molecule has 1 saturated heterocycles. The largest absolute Gasteiger partial charge is 0.481 e. The van der Waals surface area contributed by atoms with Crippen molar-refractivity contribution in [1.82, 2.24) is 4.98 Å². The number of rotatable bonds is 4. The van der Waals surface area contributed by atoms with E-state index in [2.05, 4.69) is 4.98 Å². The number of carbonyl (C=O) groups is 2. The van der Waals surface area contributed by atoms with Crippen LogP contribution in [0.25, 0.3) is 0 Å². The van der Waals surface area contributed by atoms with Crippen LogP contribution in [-0.2, 0) is 14.4 Å². The highest BCUT2D eigenvalue weighted by molar-refractivity contribution is 6.03. The van der Waals surface area contributed by atoms with Crippen molar-refractivity contribution in [3.63, 3.8) is 0 Å². The van der Waals surface area contributed by atoms with Gasteiger partial charge in [-0.25, -0.2) is 4.79 Å². The van der Waals surface area contributed by atoms with Crippen molar-refractivity contribution in [2.45, 2.75) is 19.6 Å². The van der Waals surface area contributed by atoms with Crippen LogP contribution in [0.5, 0.6) is 5.88 Å². The van der Waals surface area contributed by atoms with Gasteiger partial charge in [0.05, 0.1) is 19.3 Å². The Morgan fingerprint density at radius 1 is 1.30 bits per heavy atom. The summed E-state index contributed by atoms with van der Waals surface area (Å²) in [6.45, 7) is 2.34. The summed E-state index contributed by atoms with van der Waals surface area (Å²) >= 11 is 0. The van der Waals surface area contributed by atoms with Crippen LogP contribution in [0.2, 0.25) is 0 Å². The van der Waals surface area contributed by atoms with Crippen molar-refractivity contribution in [1.29, 1.82) is 0 Å². The number of amides is 1. The molecule has 1 aromatic carbocycles. The number of aromatic nitrogens is 1. The minimum Gasteiger partial charge on any atom is -0.481 e. The lowest BCUT2D eigenvalue weighted by molar-refractivity contribution is -0.126. The number of methoxy groups -OCH3 is 1. The van der Waals surface area contributed by atoms with Crippen LogP contribution in [0.4, 0.5) is 11.5 Å². The highest BCUT2D eigenvalue weighted by Crippen LogP contribution is 2.40. The number of benzene rings is 1. The molecule has 0 N–H and O–H groups in total. The first-order valence-corrected chi connectivity index (χ1v) is 8.62. The molecule has 1 aromatic heterocycles. The molecule has 1 fully saturated rings. The normalized spacial score (nSPS) is 18.6. The Kier molecular flexibility index (Phi) is 4.41. The summed E-state index contributed by atoms with van der Waals surface area (Å²) in [4.78, 5) is 36.7. The quantitative estimate of drug-likeness (QED) is 0.816. The summed E-state index contributed by atoms with van der Waals surface area (Å²) in [5.41, 5.74) is 1.72. The third-order valence-corrected chi connectivity index (χ3v) is 4.54. The molecule has 2 aliphatic rings. The van der Waals surface area contributed by atoms with Crippen LogP contribution >= 0.6 is 0 Å². The van der Waals surface area contributed by atoms with Gasteiger partial charge in [0.15, 0.2) is 5.82 Å². The summed E-state index contributed by atoms with van der Waals surface area (Å²) < 4.78 is 10.7. The van der Waals surface area contributed by atoms with E-state index in [0.29, 0.717) is 29.6 Å². The lowest BCUT2D eigenvalue weighted by atomic mass is 10.1. The van der Waals surface area contributed by atoms with E-state index >= 15 is 0 Å². The van der Waals surface area contributed by atoms with Crippen LogP contribution in [0, 0.1) is 6.92 Å². The van der Waals surface area contributed by atoms with Crippen LogP contribution in [0.3, 0.4) is 0 Å². The fraction of sp³-hybridized carbons (Fsp3) is 0.316. The molecule has 0 aliphatic carbocycles. The molecule has 3 heterocycles. The lowest BCUT2D eigenvalue weighted by Gasteiger charge is -2.42. The molecule has 8 nitrogen and oxygen atoms in total. The van der Waals surface area contributed by atoms with Gasteiger partial charge in [-0.1, -0.05) is 18.2 Å². The second kappa shape index (κ2) is 6.88. The standard InChI is InChI=1S/C19H19N3O5/c1-12-10-14(25-2)20-18-17(12)21(11-15(23)22(18)16-8-9-26-16)27-19(24)13-6-4-3-5-7-13/h3-7,10,16H,8-9,11H2,1-2H3. The van der Waals surface area contributed by atoms with Crippen molar-refractivity contribution >= 4 is 23.4 Å². The minimum absolute atomic E-state index is 0.111. The number of aryl methyl sites for hydroxylation is 1. The molecule has 27 heavy (non-hydrogen) atoms. The maximum Gasteiger partial charge on any atom is 0.363 e. The topological polar surface area (TPSA) is 81.2 Å². The summed E-state index contributed by atoms with van der Waals surface area (Å²) in [5.74, 6) is -0.0561. The first-order chi connectivity index (χ1) is 13.1. The van der Waals surface area contributed by atoms with Gasteiger partial charge in [-0.05, 0) is 24.6 Å². The third-order valence-electron chi connectivity index (χ3n) is 4.54. The molecule has 2 aliphatic heterocycles. The zero-order valence-electron chi connectivity index (χ0n) is 15.0. The molecule has 0 bridgehead atoms. The van der Waals surface area contributed by atoms with Crippen molar-refractivity contribution in [2.24, 2.45) is 0 Å². The van der Waals surface area contributed by atoms with Gasteiger partial charge in [0.1, 0.15) is 18.5 Å². The fourth-order valence-corrected chi connectivity index (χ4v) is 3.13. The minimum atomic E-state index is -0.544. The number of pyridine rings is 1. The van der Waals surface area contributed by atoms with Crippen molar-refractivity contribution in [2.75, 3.05) is 30.2 Å². The molecule has 0 spiro atoms. The summed E-state index contributed by atoms with van der Waals surface area (Å²) in [5, 5.41) is 1.30. The highest BCUT2D eigenvalue weighted by Gasteiger charge is 2.41. The van der Waals surface area contributed by atoms with Crippen LogP contribution in [0.15, 0.2) is 36.4 Å². The fourth-order valence-electron chi connectivity index (χ4n) is 3.13. The van der Waals surface area contributed by atoms with Gasteiger partial charge in [0.2, 0.25) is 5.88 Å². The summed E-state index contributed by atoms with van der Waals surface area (Å²) in [6, 6.07) is 10.4. The molecule has 140 valence electrons. The number of fused-ring (bicyclic) bond motifs is 1. The number of hydrogen-bond donors (Lipinski definition) is 0. The zero-order chi connectivity index (χ0) is 19.0. The number of hydrogen-bond acceptors (Lipinski definition) is 7. The van der Waals surface area contributed by atoms with Gasteiger partial charge >= 0.3 is 5.97 Å². The molecule has 1 amide bonds. The van der Waals surface area contributed by atoms with Crippen LogP contribution in [0.1, 0.15) is 22.3 Å². The smallest absolute Gasteiger partial charge is 0.363 e. The molecule has 1 unspecified atom stereocenters. The van der Waals surface area contributed by atoms with Gasteiger partial charge in [-0.3, -0.25) is 9.69 Å². The maximum absolute atomic E-state index is 12.8. The lowest BCUT2D eigenvalue weighted by Crippen LogP contribution is -2.55. The Morgan fingerprint density at radius 3 is 2.67 bits per heavy atom. The predicted octanol–water partition coefficient (Wildman–Crippen LogP) is 2.07. The number of ether oxygens (including phenoxy) is 2. The highest BCUT2D eigenvalue weighted by atomic mass is 16.7. The number of hydroxylamine groups is 1. The zero-order valence-corrected chi connectivity index (χ0v) is 15.0. The molecule has 8 heteroatoms. The van der Waals surface area contributed by atoms with E-state index in [1.54, 1.807) is 30.3 Å². The molecule has 1 atom stereocenters. The number of nitrogens with zero attached hydrogens (tertiary/aromatic N) is 3. The second-order valence-electron chi connectivity index (χ2n) is 6.31. The molecule has 0 radical (unpaired) electrons. The van der Waals surface area contributed by atoms with Crippen LogP contribution < -0.4 is 14.7 Å². The first-order valence-electron chi connectivity index (χ1n) is 8.62. The Bertz CT molecular complexity index is 882. The van der Waals surface area contributed by atoms with Crippen LogP contribution in [-0.4, -0.2) is 43.3 Å². The summed E-state index contributed by atoms with van der Waals surface area (Å²) in [6.07, 6.45) is 0.370. The average molecular weight is 369 g/mol. The van der Waals surface area contributed by atoms with Gasteiger partial charge < -0.3 is 14.3 Å². The summed E-state index contributed by atoms with van der Waals surface area (Å²) in [7, 11) is 1.51. The predicted molar refractivity (Wildman–Crippen MR) is 96.6 cm³/mol. The Balaban J connectivity index is 1.72. The Hall–Kier alpha value is -3.13. The van der Waals surface area contributed by atoms with Crippen molar-refractivity contribution in [3.05, 3.63) is 47.5 Å².